The van der Waals surface area contributed by atoms with Gasteiger partial charge < -0.3 is 14.1 Å². The van der Waals surface area contributed by atoms with Crippen LogP contribution in [-0.4, -0.2) is 43.3 Å². The van der Waals surface area contributed by atoms with Crippen molar-refractivity contribution < 1.29 is 13.5 Å². The monoisotopic (exact) mass is 330 g/mol. The highest BCUT2D eigenvalue weighted by Gasteiger charge is 2.40. The number of nitrogens with zero attached hydrogens (tertiary/aromatic N) is 2. The number of ether oxygens (including phenoxy) is 1. The zero-order valence-corrected chi connectivity index (χ0v) is 13.8. The lowest BCUT2D eigenvalue weighted by atomic mass is 9.90. The molecular formula is C19H23FN2O2. The Balaban J connectivity index is 1.47. The van der Waals surface area contributed by atoms with Crippen molar-refractivity contribution in [2.75, 3.05) is 37.7 Å². The first kappa shape index (κ1) is 15.7. The van der Waals surface area contributed by atoms with Crippen molar-refractivity contribution in [2.45, 2.75) is 25.0 Å². The number of halogens is 1. The first-order valence-corrected chi connectivity index (χ1v) is 8.60. The van der Waals surface area contributed by atoms with Crippen LogP contribution in [0, 0.1) is 5.82 Å². The van der Waals surface area contributed by atoms with E-state index in [0.29, 0.717) is 0 Å². The Hall–Kier alpha value is -1.85. The lowest BCUT2D eigenvalue weighted by Crippen LogP contribution is -2.59. The Morgan fingerprint density at radius 3 is 2.96 bits per heavy atom. The van der Waals surface area contributed by atoms with Gasteiger partial charge in [-0.1, -0.05) is 6.07 Å². The molecule has 4 nitrogen and oxygen atoms in total. The minimum Gasteiger partial charge on any atom is -0.472 e. The Morgan fingerprint density at radius 1 is 1.17 bits per heavy atom. The van der Waals surface area contributed by atoms with Gasteiger partial charge in [0.2, 0.25) is 0 Å². The van der Waals surface area contributed by atoms with E-state index in [4.69, 9.17) is 9.15 Å². The molecule has 2 saturated heterocycles. The molecule has 0 saturated carbocycles. The summed E-state index contributed by atoms with van der Waals surface area (Å²) in [6.45, 7) is 5.25. The quantitative estimate of drug-likeness (QED) is 0.863. The highest BCUT2D eigenvalue weighted by atomic mass is 19.1. The summed E-state index contributed by atoms with van der Waals surface area (Å²) in [5.74, 6) is -0.182. The fraction of sp³-hybridized carbons (Fsp3) is 0.474. The van der Waals surface area contributed by atoms with Crippen molar-refractivity contribution in [3.63, 3.8) is 0 Å². The van der Waals surface area contributed by atoms with Crippen LogP contribution in [0.1, 0.15) is 18.4 Å². The summed E-state index contributed by atoms with van der Waals surface area (Å²) >= 11 is 0. The number of rotatable bonds is 3. The van der Waals surface area contributed by atoms with E-state index in [9.17, 15) is 4.39 Å². The lowest BCUT2D eigenvalue weighted by molar-refractivity contribution is -0.116. The Morgan fingerprint density at radius 2 is 2.12 bits per heavy atom. The lowest BCUT2D eigenvalue weighted by Gasteiger charge is -2.48. The van der Waals surface area contributed by atoms with E-state index in [1.54, 1.807) is 18.4 Å². The van der Waals surface area contributed by atoms with Crippen LogP contribution in [0.5, 0.6) is 0 Å². The molecule has 0 amide bonds. The van der Waals surface area contributed by atoms with Crippen molar-refractivity contribution in [2.24, 2.45) is 0 Å². The molecule has 128 valence electrons. The maximum Gasteiger partial charge on any atom is 0.125 e. The third-order valence-electron chi connectivity index (χ3n) is 5.03. The van der Waals surface area contributed by atoms with E-state index < -0.39 is 0 Å². The molecule has 1 aromatic carbocycles. The fourth-order valence-corrected chi connectivity index (χ4v) is 3.94. The number of furan rings is 1. The maximum atomic E-state index is 13.6. The van der Waals surface area contributed by atoms with Crippen LogP contribution in [0.3, 0.4) is 0 Å². The summed E-state index contributed by atoms with van der Waals surface area (Å²) in [6, 6.07) is 8.88. The highest BCUT2D eigenvalue weighted by molar-refractivity contribution is 5.47. The molecule has 0 unspecified atom stereocenters. The molecule has 2 aliphatic rings. The molecule has 24 heavy (non-hydrogen) atoms. The van der Waals surface area contributed by atoms with Gasteiger partial charge in [-0.05, 0) is 37.1 Å². The summed E-state index contributed by atoms with van der Waals surface area (Å²) < 4.78 is 25.0. The van der Waals surface area contributed by atoms with Gasteiger partial charge in [-0.3, -0.25) is 4.90 Å². The van der Waals surface area contributed by atoms with Crippen LogP contribution in [0.4, 0.5) is 10.1 Å². The van der Waals surface area contributed by atoms with Crippen LogP contribution >= 0.6 is 0 Å². The molecule has 3 heterocycles. The molecule has 1 atom stereocenters. The smallest absolute Gasteiger partial charge is 0.125 e. The average molecular weight is 330 g/mol. The number of hydrogen-bond acceptors (Lipinski definition) is 4. The standard InChI is InChI=1S/C19H23FN2O2/c20-17-3-1-4-18(11-17)22-7-2-6-19(15-22)14-21(8-10-24-19)12-16-5-9-23-13-16/h1,3-5,9,11,13H,2,6-8,10,12,14-15H2/t19-/m1/s1. The van der Waals surface area contributed by atoms with Crippen LogP contribution < -0.4 is 4.90 Å². The summed E-state index contributed by atoms with van der Waals surface area (Å²) in [5, 5.41) is 0. The van der Waals surface area contributed by atoms with Crippen molar-refractivity contribution in [1.29, 1.82) is 0 Å². The Labute approximate surface area is 141 Å². The van der Waals surface area contributed by atoms with Gasteiger partial charge in [0.05, 0.1) is 24.7 Å². The second kappa shape index (κ2) is 6.57. The number of piperidine rings is 1. The third kappa shape index (κ3) is 3.32. The molecule has 1 aromatic heterocycles. The van der Waals surface area contributed by atoms with Gasteiger partial charge in [0.25, 0.3) is 0 Å². The van der Waals surface area contributed by atoms with Gasteiger partial charge in [0.1, 0.15) is 5.82 Å². The van der Waals surface area contributed by atoms with Crippen LogP contribution in [-0.2, 0) is 11.3 Å². The molecule has 2 aliphatic heterocycles. The fourth-order valence-electron chi connectivity index (χ4n) is 3.94. The van der Waals surface area contributed by atoms with Crippen molar-refractivity contribution in [1.82, 2.24) is 4.90 Å². The van der Waals surface area contributed by atoms with E-state index >= 15 is 0 Å². The molecule has 0 radical (unpaired) electrons. The summed E-state index contributed by atoms with van der Waals surface area (Å²) in [4.78, 5) is 4.69. The molecule has 2 aromatic rings. The zero-order chi connectivity index (χ0) is 16.4. The Kier molecular flexibility index (Phi) is 4.29. The molecular weight excluding hydrogens is 307 g/mol. The van der Waals surface area contributed by atoms with E-state index in [1.165, 1.54) is 11.6 Å². The summed E-state index contributed by atoms with van der Waals surface area (Å²) in [6.07, 6.45) is 5.65. The molecule has 2 fully saturated rings. The largest absolute Gasteiger partial charge is 0.472 e. The number of hydrogen-bond donors (Lipinski definition) is 0. The van der Waals surface area contributed by atoms with E-state index in [2.05, 4.69) is 9.80 Å². The van der Waals surface area contributed by atoms with Gasteiger partial charge in [-0.15, -0.1) is 0 Å². The predicted molar refractivity (Wildman–Crippen MR) is 90.5 cm³/mol. The number of benzene rings is 1. The van der Waals surface area contributed by atoms with Gasteiger partial charge in [-0.2, -0.15) is 0 Å². The molecule has 0 N–H and O–H groups in total. The average Bonchev–Trinajstić information content (AvgIpc) is 3.08. The third-order valence-corrected chi connectivity index (χ3v) is 5.03. The van der Waals surface area contributed by atoms with Crippen molar-refractivity contribution >= 4 is 5.69 Å². The van der Waals surface area contributed by atoms with Gasteiger partial charge >= 0.3 is 0 Å². The predicted octanol–water partition coefficient (Wildman–Crippen LogP) is 3.29. The maximum absolute atomic E-state index is 13.6. The van der Waals surface area contributed by atoms with E-state index in [-0.39, 0.29) is 11.4 Å². The number of anilines is 1. The second-order valence-corrected chi connectivity index (χ2v) is 6.88. The van der Waals surface area contributed by atoms with Crippen LogP contribution in [0.15, 0.2) is 47.3 Å². The topological polar surface area (TPSA) is 28.9 Å². The summed E-state index contributed by atoms with van der Waals surface area (Å²) in [7, 11) is 0. The normalized spacial score (nSPS) is 25.3. The summed E-state index contributed by atoms with van der Waals surface area (Å²) in [5.41, 5.74) is 1.99. The minimum absolute atomic E-state index is 0.160. The van der Waals surface area contributed by atoms with Crippen LogP contribution in [0.2, 0.25) is 0 Å². The van der Waals surface area contributed by atoms with E-state index in [0.717, 1.165) is 57.9 Å². The second-order valence-electron chi connectivity index (χ2n) is 6.88. The highest BCUT2D eigenvalue weighted by Crippen LogP contribution is 2.32. The van der Waals surface area contributed by atoms with Crippen molar-refractivity contribution in [3.05, 3.63) is 54.2 Å². The van der Waals surface area contributed by atoms with Crippen molar-refractivity contribution in [3.8, 4) is 0 Å². The van der Waals surface area contributed by atoms with E-state index in [1.807, 2.05) is 18.4 Å². The number of morpholine rings is 1. The van der Waals surface area contributed by atoms with Crippen LogP contribution in [0.25, 0.3) is 0 Å². The SMILES string of the molecule is Fc1cccc(N2CCC[C@@]3(CN(Cc4ccoc4)CCO3)C2)c1. The van der Waals surface area contributed by atoms with Gasteiger partial charge in [-0.25, -0.2) is 4.39 Å². The van der Waals surface area contributed by atoms with Gasteiger partial charge in [0, 0.05) is 44.0 Å². The van der Waals surface area contributed by atoms with Gasteiger partial charge in [0.15, 0.2) is 0 Å². The first-order chi connectivity index (χ1) is 11.7. The molecule has 0 aliphatic carbocycles. The molecule has 1 spiro atoms. The first-order valence-electron chi connectivity index (χ1n) is 8.60. The zero-order valence-electron chi connectivity index (χ0n) is 13.8. The molecule has 5 heteroatoms. The molecule has 4 rings (SSSR count). The molecule has 0 bridgehead atoms. The minimum atomic E-state index is -0.182. The Bertz CT molecular complexity index is 672.